The van der Waals surface area contributed by atoms with Crippen LogP contribution in [0.1, 0.15) is 23.0 Å². The first kappa shape index (κ1) is 13.2. The molecule has 0 aliphatic carbocycles. The van der Waals surface area contributed by atoms with Crippen molar-refractivity contribution < 1.29 is 14.6 Å². The fourth-order valence-corrected chi connectivity index (χ4v) is 2.11. The number of esters is 1. The van der Waals surface area contributed by atoms with Crippen molar-refractivity contribution in [2.45, 2.75) is 19.4 Å². The Morgan fingerprint density at radius 3 is 3.00 bits per heavy atom. The molecule has 1 aromatic heterocycles. The van der Waals surface area contributed by atoms with Gasteiger partial charge in [-0.15, -0.1) is 0 Å². The maximum atomic E-state index is 11.2. The Bertz CT molecular complexity index is 368. The predicted molar refractivity (Wildman–Crippen MR) is 63.3 cm³/mol. The zero-order valence-corrected chi connectivity index (χ0v) is 10.6. The number of carbonyl (C=O) groups excluding carboxylic acids is 1. The van der Waals surface area contributed by atoms with Crippen LogP contribution in [0.4, 0.5) is 5.13 Å². The highest BCUT2D eigenvalue weighted by Crippen LogP contribution is 2.27. The summed E-state index contributed by atoms with van der Waals surface area (Å²) in [5.74, 6) is -0.494. The number of nitrogens with one attached hydrogen (secondary N) is 1. The van der Waals surface area contributed by atoms with Gasteiger partial charge in [-0.25, -0.2) is 9.78 Å². The first-order valence-electron chi connectivity index (χ1n) is 4.71. The summed E-state index contributed by atoms with van der Waals surface area (Å²) in [7, 11) is 1.29. The van der Waals surface area contributed by atoms with Gasteiger partial charge in [0.25, 0.3) is 0 Å². The lowest BCUT2D eigenvalue weighted by Gasteiger charge is -2.03. The van der Waals surface area contributed by atoms with Gasteiger partial charge < -0.3 is 15.2 Å². The highest BCUT2D eigenvalue weighted by atomic mass is 35.5. The molecule has 2 N–H and O–H groups in total. The Hall–Kier alpha value is -0.850. The number of rotatable bonds is 5. The van der Waals surface area contributed by atoms with E-state index in [1.54, 1.807) is 6.92 Å². The summed E-state index contributed by atoms with van der Waals surface area (Å²) in [5, 5.41) is 12.7. The van der Waals surface area contributed by atoms with Gasteiger partial charge in [-0.3, -0.25) is 0 Å². The van der Waals surface area contributed by atoms with E-state index in [0.29, 0.717) is 18.1 Å². The molecule has 0 aromatic carbocycles. The first-order chi connectivity index (χ1) is 7.54. The smallest absolute Gasteiger partial charge is 0.351 e. The summed E-state index contributed by atoms with van der Waals surface area (Å²) in [6, 6.07) is 0. The summed E-state index contributed by atoms with van der Waals surface area (Å²) < 4.78 is 4.55. The van der Waals surface area contributed by atoms with Crippen molar-refractivity contribution in [3.63, 3.8) is 0 Å². The second kappa shape index (κ2) is 6.03. The van der Waals surface area contributed by atoms with Crippen molar-refractivity contribution in [1.29, 1.82) is 0 Å². The predicted octanol–water partition coefficient (Wildman–Crippen LogP) is 1.77. The normalized spacial score (nSPS) is 12.2. The minimum atomic E-state index is -0.494. The monoisotopic (exact) mass is 264 g/mol. The highest BCUT2D eigenvalue weighted by molar-refractivity contribution is 7.18. The van der Waals surface area contributed by atoms with E-state index in [0.717, 1.165) is 11.3 Å². The average molecular weight is 265 g/mol. The Morgan fingerprint density at radius 2 is 2.44 bits per heavy atom. The zero-order valence-electron chi connectivity index (χ0n) is 8.99. The summed E-state index contributed by atoms with van der Waals surface area (Å²) in [6.45, 7) is 2.28. The number of ether oxygens (including phenoxy) is 1. The third kappa shape index (κ3) is 3.62. The molecule has 0 aliphatic heterocycles. The molecule has 0 bridgehead atoms. The van der Waals surface area contributed by atoms with Crippen LogP contribution in [0.5, 0.6) is 0 Å². The van der Waals surface area contributed by atoms with Crippen LogP contribution in [-0.2, 0) is 4.74 Å². The standard InChI is InChI=1S/C9H13ClN2O3S/c1-5(13)3-4-11-9-12-7(10)6(16-9)8(14)15-2/h5,13H,3-4H2,1-2H3,(H,11,12). The van der Waals surface area contributed by atoms with E-state index < -0.39 is 5.97 Å². The average Bonchev–Trinajstić information content (AvgIpc) is 2.58. The molecule has 0 fully saturated rings. The molecule has 16 heavy (non-hydrogen) atoms. The lowest BCUT2D eigenvalue weighted by atomic mass is 10.3. The molecule has 5 nitrogen and oxygen atoms in total. The number of thiazole rings is 1. The molecular formula is C9H13ClN2O3S. The SMILES string of the molecule is COC(=O)c1sc(NCCC(C)O)nc1Cl. The molecule has 1 unspecified atom stereocenters. The number of hydrogen-bond donors (Lipinski definition) is 2. The van der Waals surface area contributed by atoms with Crippen LogP contribution in [0.25, 0.3) is 0 Å². The largest absolute Gasteiger partial charge is 0.465 e. The number of carbonyl (C=O) groups is 1. The van der Waals surface area contributed by atoms with Gasteiger partial charge >= 0.3 is 5.97 Å². The Kier molecular flexibility index (Phi) is 4.98. The maximum absolute atomic E-state index is 11.2. The number of halogens is 1. The number of nitrogens with zero attached hydrogens (tertiary/aromatic N) is 1. The number of aliphatic hydroxyl groups is 1. The van der Waals surface area contributed by atoms with Gasteiger partial charge in [-0.1, -0.05) is 22.9 Å². The molecule has 1 rings (SSSR count). The van der Waals surface area contributed by atoms with Gasteiger partial charge in [-0.05, 0) is 13.3 Å². The summed E-state index contributed by atoms with van der Waals surface area (Å²) in [6.07, 6.45) is 0.230. The minimum absolute atomic E-state index is 0.136. The zero-order chi connectivity index (χ0) is 12.1. The molecule has 90 valence electrons. The van der Waals surface area contributed by atoms with E-state index >= 15 is 0 Å². The van der Waals surface area contributed by atoms with Gasteiger partial charge in [-0.2, -0.15) is 0 Å². The Morgan fingerprint density at radius 1 is 1.75 bits per heavy atom. The maximum Gasteiger partial charge on any atom is 0.351 e. The van der Waals surface area contributed by atoms with Gasteiger partial charge in [0.05, 0.1) is 13.2 Å². The number of anilines is 1. The lowest BCUT2D eigenvalue weighted by Crippen LogP contribution is -2.09. The molecule has 0 aliphatic rings. The van der Waals surface area contributed by atoms with E-state index in [1.807, 2.05) is 0 Å². The second-order valence-corrected chi connectivity index (χ2v) is 4.55. The Balaban J connectivity index is 2.59. The molecular weight excluding hydrogens is 252 g/mol. The molecule has 1 aromatic rings. The number of hydrogen-bond acceptors (Lipinski definition) is 6. The second-order valence-electron chi connectivity index (χ2n) is 3.20. The molecule has 0 saturated carbocycles. The summed E-state index contributed by atoms with van der Waals surface area (Å²) >= 11 is 6.90. The van der Waals surface area contributed by atoms with Crippen molar-refractivity contribution in [3.8, 4) is 0 Å². The van der Waals surface area contributed by atoms with Gasteiger partial charge in [0.1, 0.15) is 0 Å². The first-order valence-corrected chi connectivity index (χ1v) is 5.90. The molecule has 0 amide bonds. The fraction of sp³-hybridized carbons (Fsp3) is 0.556. The number of aliphatic hydroxyl groups excluding tert-OH is 1. The van der Waals surface area contributed by atoms with Crippen molar-refractivity contribution in [3.05, 3.63) is 10.0 Å². The van der Waals surface area contributed by atoms with Crippen LogP contribution in [0.3, 0.4) is 0 Å². The van der Waals surface area contributed by atoms with Crippen molar-refractivity contribution in [2.24, 2.45) is 0 Å². The van der Waals surface area contributed by atoms with Crippen LogP contribution >= 0.6 is 22.9 Å². The van der Waals surface area contributed by atoms with Crippen LogP contribution < -0.4 is 5.32 Å². The molecule has 0 saturated heterocycles. The quantitative estimate of drug-likeness (QED) is 0.793. The van der Waals surface area contributed by atoms with Crippen molar-refractivity contribution >= 4 is 34.0 Å². The lowest BCUT2D eigenvalue weighted by molar-refractivity contribution is 0.0606. The topological polar surface area (TPSA) is 71.5 Å². The van der Waals surface area contributed by atoms with Crippen LogP contribution in [0.2, 0.25) is 5.15 Å². The minimum Gasteiger partial charge on any atom is -0.465 e. The van der Waals surface area contributed by atoms with Crippen molar-refractivity contribution in [2.75, 3.05) is 19.0 Å². The Labute approximate surface area is 102 Å². The molecule has 1 atom stereocenters. The van der Waals surface area contributed by atoms with Gasteiger partial charge in [0.15, 0.2) is 15.2 Å². The third-order valence-electron chi connectivity index (χ3n) is 1.79. The van der Waals surface area contributed by atoms with Gasteiger partial charge in [0.2, 0.25) is 0 Å². The van der Waals surface area contributed by atoms with Crippen LogP contribution in [0, 0.1) is 0 Å². The number of methoxy groups -OCH3 is 1. The van der Waals surface area contributed by atoms with E-state index in [9.17, 15) is 4.79 Å². The van der Waals surface area contributed by atoms with E-state index in [-0.39, 0.29) is 16.1 Å². The van der Waals surface area contributed by atoms with Crippen LogP contribution in [-0.4, -0.2) is 35.8 Å². The van der Waals surface area contributed by atoms with Crippen molar-refractivity contribution in [1.82, 2.24) is 4.98 Å². The molecule has 0 spiro atoms. The van der Waals surface area contributed by atoms with E-state index in [2.05, 4.69) is 15.0 Å². The molecule has 7 heteroatoms. The van der Waals surface area contributed by atoms with Gasteiger partial charge in [0, 0.05) is 6.54 Å². The summed E-state index contributed by atoms with van der Waals surface area (Å²) in [4.78, 5) is 15.5. The van der Waals surface area contributed by atoms with E-state index in [1.165, 1.54) is 7.11 Å². The van der Waals surface area contributed by atoms with E-state index in [4.69, 9.17) is 16.7 Å². The van der Waals surface area contributed by atoms with Crippen LogP contribution in [0.15, 0.2) is 0 Å². The summed E-state index contributed by atoms with van der Waals surface area (Å²) in [5.41, 5.74) is 0. The third-order valence-corrected chi connectivity index (χ3v) is 3.17. The fourth-order valence-electron chi connectivity index (χ4n) is 0.984. The number of aromatic nitrogens is 1. The molecule has 0 radical (unpaired) electrons. The molecule has 1 heterocycles. The highest BCUT2D eigenvalue weighted by Gasteiger charge is 2.16.